The molecule has 0 atom stereocenters. The SMILES string of the molecule is NC(=O)N(N=O)c1cccc(I)c1. The molecule has 68 valence electrons. The first-order valence-corrected chi connectivity index (χ1v) is 4.41. The van der Waals surface area contributed by atoms with Crippen LogP contribution in [0.5, 0.6) is 0 Å². The van der Waals surface area contributed by atoms with Crippen molar-refractivity contribution in [2.75, 3.05) is 5.01 Å². The Bertz CT molecular complexity index is 342. The molecule has 13 heavy (non-hydrogen) atoms. The Hall–Kier alpha value is -1.18. The van der Waals surface area contributed by atoms with E-state index >= 15 is 0 Å². The van der Waals surface area contributed by atoms with E-state index in [1.807, 2.05) is 6.07 Å². The van der Waals surface area contributed by atoms with Gasteiger partial charge in [0.1, 0.15) is 0 Å². The molecule has 0 fully saturated rings. The third-order valence-corrected chi connectivity index (χ3v) is 2.01. The minimum atomic E-state index is -0.892. The van der Waals surface area contributed by atoms with E-state index in [1.54, 1.807) is 18.2 Å². The fourth-order valence-electron chi connectivity index (χ4n) is 0.822. The normalized spacial score (nSPS) is 9.31. The van der Waals surface area contributed by atoms with Crippen LogP contribution in [0.15, 0.2) is 29.6 Å². The molecule has 0 saturated heterocycles. The van der Waals surface area contributed by atoms with E-state index in [2.05, 4.69) is 27.9 Å². The van der Waals surface area contributed by atoms with E-state index in [1.165, 1.54) is 0 Å². The van der Waals surface area contributed by atoms with Gasteiger partial charge in [-0.3, -0.25) is 0 Å². The van der Waals surface area contributed by atoms with Crippen LogP contribution < -0.4 is 10.7 Å². The van der Waals surface area contributed by atoms with E-state index in [9.17, 15) is 9.70 Å². The average molecular weight is 291 g/mol. The Balaban J connectivity index is 3.04. The molecule has 1 aromatic rings. The Morgan fingerprint density at radius 1 is 1.54 bits per heavy atom. The Labute approximate surface area is 88.0 Å². The van der Waals surface area contributed by atoms with Crippen LogP contribution in [0.25, 0.3) is 0 Å². The summed E-state index contributed by atoms with van der Waals surface area (Å²) in [4.78, 5) is 20.9. The lowest BCUT2D eigenvalue weighted by atomic mass is 10.3. The van der Waals surface area contributed by atoms with E-state index in [0.717, 1.165) is 3.57 Å². The molecule has 0 aromatic heterocycles. The second-order valence-electron chi connectivity index (χ2n) is 2.21. The summed E-state index contributed by atoms with van der Waals surface area (Å²) < 4.78 is 0.894. The molecule has 0 aliphatic rings. The highest BCUT2D eigenvalue weighted by molar-refractivity contribution is 14.1. The number of nitrogens with zero attached hydrogens (tertiary/aromatic N) is 2. The van der Waals surface area contributed by atoms with Crippen LogP contribution in [0.1, 0.15) is 0 Å². The molecule has 0 aliphatic carbocycles. The minimum absolute atomic E-state index is 0.370. The molecule has 6 heteroatoms. The van der Waals surface area contributed by atoms with Crippen LogP contribution in [0.2, 0.25) is 0 Å². The summed E-state index contributed by atoms with van der Waals surface area (Å²) in [6.07, 6.45) is 0. The lowest BCUT2D eigenvalue weighted by molar-refractivity contribution is 0.254. The third kappa shape index (κ3) is 2.38. The van der Waals surface area contributed by atoms with Gasteiger partial charge < -0.3 is 5.73 Å². The number of hydrogen-bond acceptors (Lipinski definition) is 3. The number of nitroso groups, excluding NO2 is 1. The van der Waals surface area contributed by atoms with Crippen molar-refractivity contribution in [2.24, 2.45) is 11.0 Å². The van der Waals surface area contributed by atoms with E-state index in [0.29, 0.717) is 10.7 Å². The third-order valence-electron chi connectivity index (χ3n) is 1.34. The van der Waals surface area contributed by atoms with Crippen molar-refractivity contribution < 1.29 is 4.79 Å². The van der Waals surface area contributed by atoms with E-state index < -0.39 is 6.03 Å². The summed E-state index contributed by atoms with van der Waals surface area (Å²) in [5, 5.41) is 3.10. The zero-order chi connectivity index (χ0) is 9.84. The Morgan fingerprint density at radius 3 is 2.69 bits per heavy atom. The molecule has 1 aromatic carbocycles. The number of anilines is 1. The summed E-state index contributed by atoms with van der Waals surface area (Å²) in [5.74, 6) is 0. The van der Waals surface area contributed by atoms with Crippen molar-refractivity contribution in [1.82, 2.24) is 0 Å². The predicted octanol–water partition coefficient (Wildman–Crippen LogP) is 1.86. The molecule has 0 radical (unpaired) electrons. The minimum Gasteiger partial charge on any atom is -0.350 e. The van der Waals surface area contributed by atoms with Gasteiger partial charge in [-0.2, -0.15) is 0 Å². The maximum Gasteiger partial charge on any atom is 0.342 e. The topological polar surface area (TPSA) is 75.8 Å². The molecule has 0 aliphatic heterocycles. The van der Waals surface area contributed by atoms with Crippen LogP contribution in [0, 0.1) is 8.48 Å². The summed E-state index contributed by atoms with van der Waals surface area (Å²) >= 11 is 2.06. The van der Waals surface area contributed by atoms with Crippen molar-refractivity contribution in [1.29, 1.82) is 0 Å². The van der Waals surface area contributed by atoms with Gasteiger partial charge in [-0.25, -0.2) is 4.79 Å². The molecule has 0 spiro atoms. The standard InChI is InChI=1S/C7H6IN3O2/c8-5-2-1-3-6(4-5)11(10-13)7(9)12/h1-4H,(H2,9,12). The zero-order valence-corrected chi connectivity index (χ0v) is 8.63. The molecule has 2 N–H and O–H groups in total. The summed E-state index contributed by atoms with van der Waals surface area (Å²) in [6.45, 7) is 0. The molecule has 1 rings (SSSR count). The predicted molar refractivity (Wildman–Crippen MR) is 57.0 cm³/mol. The maximum atomic E-state index is 10.7. The van der Waals surface area contributed by atoms with Crippen molar-refractivity contribution in [3.05, 3.63) is 32.7 Å². The highest BCUT2D eigenvalue weighted by Gasteiger charge is 2.12. The molecular formula is C7H6IN3O2. The summed E-state index contributed by atoms with van der Waals surface area (Å²) in [6, 6.07) is 5.85. The number of primary amides is 1. The first kappa shape index (κ1) is 9.90. The number of hydrogen-bond donors (Lipinski definition) is 1. The first-order chi connectivity index (χ1) is 6.15. The van der Waals surface area contributed by atoms with Crippen molar-refractivity contribution in [3.8, 4) is 0 Å². The zero-order valence-electron chi connectivity index (χ0n) is 6.48. The first-order valence-electron chi connectivity index (χ1n) is 3.33. The van der Waals surface area contributed by atoms with Gasteiger partial charge in [0.25, 0.3) is 0 Å². The second kappa shape index (κ2) is 4.17. The fraction of sp³-hybridized carbons (Fsp3) is 0. The Kier molecular flexibility index (Phi) is 3.18. The number of urea groups is 1. The summed E-state index contributed by atoms with van der Waals surface area (Å²) in [7, 11) is 0. The van der Waals surface area contributed by atoms with Gasteiger partial charge in [0, 0.05) is 3.57 Å². The van der Waals surface area contributed by atoms with Crippen molar-refractivity contribution in [3.63, 3.8) is 0 Å². The second-order valence-corrected chi connectivity index (χ2v) is 3.46. The number of rotatable bonds is 2. The van der Waals surface area contributed by atoms with Gasteiger partial charge in [0.05, 0.1) is 11.0 Å². The van der Waals surface area contributed by atoms with Crippen LogP contribution in [0.3, 0.4) is 0 Å². The van der Waals surface area contributed by atoms with E-state index in [-0.39, 0.29) is 0 Å². The number of carbonyl (C=O) groups is 1. The summed E-state index contributed by atoms with van der Waals surface area (Å²) in [5.41, 5.74) is 5.29. The van der Waals surface area contributed by atoms with Gasteiger partial charge in [-0.1, -0.05) is 6.07 Å². The van der Waals surface area contributed by atoms with Crippen molar-refractivity contribution >= 4 is 34.3 Å². The molecule has 2 amide bonds. The van der Waals surface area contributed by atoms with Gasteiger partial charge in [0.15, 0.2) is 0 Å². The van der Waals surface area contributed by atoms with Crippen LogP contribution in [-0.4, -0.2) is 6.03 Å². The number of nitrogens with two attached hydrogens (primary N) is 1. The quantitative estimate of drug-likeness (QED) is 0.513. The average Bonchev–Trinajstić information content (AvgIpc) is 2.04. The molecule has 0 bridgehead atoms. The smallest absolute Gasteiger partial charge is 0.342 e. The number of amides is 2. The largest absolute Gasteiger partial charge is 0.350 e. The number of carbonyl (C=O) groups excluding carboxylic acids is 1. The fourth-order valence-corrected chi connectivity index (χ4v) is 1.35. The monoisotopic (exact) mass is 291 g/mol. The molecule has 0 heterocycles. The number of halogens is 1. The van der Waals surface area contributed by atoms with Crippen LogP contribution in [-0.2, 0) is 0 Å². The highest BCUT2D eigenvalue weighted by atomic mass is 127. The van der Waals surface area contributed by atoms with Crippen LogP contribution >= 0.6 is 22.6 Å². The molecular weight excluding hydrogens is 285 g/mol. The lowest BCUT2D eigenvalue weighted by Gasteiger charge is -2.09. The molecule has 0 saturated carbocycles. The van der Waals surface area contributed by atoms with Gasteiger partial charge in [-0.15, -0.1) is 9.92 Å². The Morgan fingerprint density at radius 2 is 2.23 bits per heavy atom. The van der Waals surface area contributed by atoms with E-state index in [4.69, 9.17) is 5.73 Å². The maximum absolute atomic E-state index is 10.7. The van der Waals surface area contributed by atoms with Crippen LogP contribution in [0.4, 0.5) is 10.5 Å². The lowest BCUT2D eigenvalue weighted by Crippen LogP contribution is -2.30. The van der Waals surface area contributed by atoms with Gasteiger partial charge in [0.2, 0.25) is 0 Å². The van der Waals surface area contributed by atoms with Gasteiger partial charge in [-0.05, 0) is 40.8 Å². The van der Waals surface area contributed by atoms with Crippen molar-refractivity contribution in [2.45, 2.75) is 0 Å². The van der Waals surface area contributed by atoms with Gasteiger partial charge >= 0.3 is 6.03 Å². The number of benzene rings is 1. The highest BCUT2D eigenvalue weighted by Crippen LogP contribution is 2.17. The molecule has 0 unspecified atom stereocenters. The molecule has 5 nitrogen and oxygen atoms in total.